The van der Waals surface area contributed by atoms with Gasteiger partial charge < -0.3 is 9.47 Å². The summed E-state index contributed by atoms with van der Waals surface area (Å²) >= 11 is 7.13. The maximum Gasteiger partial charge on any atom is 0.215 e. The van der Waals surface area contributed by atoms with E-state index in [9.17, 15) is 8.42 Å². The minimum Gasteiger partial charge on any atom is -0.495 e. The van der Waals surface area contributed by atoms with E-state index in [1.807, 2.05) is 36.4 Å². The Balaban J connectivity index is 2.71. The molecule has 0 aliphatic heterocycles. The molecular formula is C28H36Br2O4S. The van der Waals surface area contributed by atoms with Gasteiger partial charge in [0.1, 0.15) is 21.3 Å². The van der Waals surface area contributed by atoms with Gasteiger partial charge in [0.2, 0.25) is 9.84 Å². The van der Waals surface area contributed by atoms with E-state index in [1.54, 1.807) is 12.1 Å². The molecule has 2 aromatic rings. The van der Waals surface area contributed by atoms with Crippen molar-refractivity contribution in [2.24, 2.45) is 0 Å². The van der Waals surface area contributed by atoms with Crippen molar-refractivity contribution >= 4 is 53.8 Å². The highest BCUT2D eigenvalue weighted by molar-refractivity contribution is 9.10. The molecule has 192 valence electrons. The Hall–Kier alpha value is -1.57. The Bertz CT molecular complexity index is 1050. The van der Waals surface area contributed by atoms with Crippen molar-refractivity contribution in [1.29, 1.82) is 0 Å². The van der Waals surface area contributed by atoms with E-state index in [-0.39, 0.29) is 9.79 Å². The number of halogens is 2. The molecule has 0 aromatic heterocycles. The van der Waals surface area contributed by atoms with Gasteiger partial charge in [-0.3, -0.25) is 0 Å². The van der Waals surface area contributed by atoms with Gasteiger partial charge in [-0.1, -0.05) is 95.7 Å². The molecular weight excluding hydrogens is 592 g/mol. The van der Waals surface area contributed by atoms with Crippen LogP contribution in [0.5, 0.6) is 11.5 Å². The lowest BCUT2D eigenvalue weighted by Gasteiger charge is -2.18. The second kappa shape index (κ2) is 14.9. The maximum atomic E-state index is 14.3. The SMILES string of the molecule is CCCCCC=Cc1c(Br)ccc(OC)c1S(=O)(=O)c1c(OC)ccc(Br)c1C=CCCCCC. The first-order valence-electron chi connectivity index (χ1n) is 12.1. The molecule has 0 saturated carbocycles. The van der Waals surface area contributed by atoms with E-state index in [4.69, 9.17) is 9.47 Å². The molecule has 0 heterocycles. The number of rotatable bonds is 14. The summed E-state index contributed by atoms with van der Waals surface area (Å²) in [6, 6.07) is 6.98. The van der Waals surface area contributed by atoms with Crippen molar-refractivity contribution in [3.8, 4) is 11.5 Å². The molecule has 0 saturated heterocycles. The molecule has 0 N–H and O–H groups in total. The highest BCUT2D eigenvalue weighted by Gasteiger charge is 2.32. The zero-order valence-corrected chi connectivity index (χ0v) is 25.1. The van der Waals surface area contributed by atoms with E-state index in [2.05, 4.69) is 45.7 Å². The summed E-state index contributed by atoms with van der Waals surface area (Å²) < 4.78 is 41.2. The molecule has 35 heavy (non-hydrogen) atoms. The predicted molar refractivity (Wildman–Crippen MR) is 153 cm³/mol. The molecule has 0 amide bonds. The summed E-state index contributed by atoms with van der Waals surface area (Å²) in [5, 5.41) is 0. The van der Waals surface area contributed by atoms with Gasteiger partial charge in [-0.25, -0.2) is 8.42 Å². The molecule has 4 nitrogen and oxygen atoms in total. The van der Waals surface area contributed by atoms with Crippen LogP contribution in [0.2, 0.25) is 0 Å². The van der Waals surface area contributed by atoms with Crippen LogP contribution < -0.4 is 9.47 Å². The fourth-order valence-corrected chi connectivity index (χ4v) is 6.99. The summed E-state index contributed by atoms with van der Waals surface area (Å²) in [5.41, 5.74) is 1.14. The first-order chi connectivity index (χ1) is 16.8. The van der Waals surface area contributed by atoms with E-state index in [0.717, 1.165) is 51.4 Å². The van der Waals surface area contributed by atoms with Crippen molar-refractivity contribution < 1.29 is 17.9 Å². The van der Waals surface area contributed by atoms with Crippen LogP contribution in [0.1, 0.15) is 76.3 Å². The third-order valence-corrected chi connectivity index (χ3v) is 9.01. The topological polar surface area (TPSA) is 52.6 Å². The molecule has 2 aromatic carbocycles. The largest absolute Gasteiger partial charge is 0.495 e. The van der Waals surface area contributed by atoms with Crippen molar-refractivity contribution in [3.63, 3.8) is 0 Å². The highest BCUT2D eigenvalue weighted by atomic mass is 79.9. The third kappa shape index (κ3) is 7.70. The summed E-state index contributed by atoms with van der Waals surface area (Å²) in [6.07, 6.45) is 16.2. The lowest BCUT2D eigenvalue weighted by atomic mass is 10.1. The van der Waals surface area contributed by atoms with Gasteiger partial charge in [0.15, 0.2) is 0 Å². The van der Waals surface area contributed by atoms with Gasteiger partial charge in [0.05, 0.1) is 14.2 Å². The Kier molecular flexibility index (Phi) is 12.6. The quantitative estimate of drug-likeness (QED) is 0.196. The lowest BCUT2D eigenvalue weighted by molar-refractivity contribution is 0.398. The van der Waals surface area contributed by atoms with Gasteiger partial charge in [-0.15, -0.1) is 0 Å². The average molecular weight is 628 g/mol. The Labute approximate surface area is 228 Å². The van der Waals surface area contributed by atoms with Crippen molar-refractivity contribution in [2.45, 2.75) is 75.0 Å². The van der Waals surface area contributed by atoms with Crippen LogP contribution in [0.3, 0.4) is 0 Å². The van der Waals surface area contributed by atoms with E-state index in [0.29, 0.717) is 31.6 Å². The zero-order chi connectivity index (χ0) is 25.8. The van der Waals surface area contributed by atoms with Crippen LogP contribution in [-0.4, -0.2) is 22.6 Å². The zero-order valence-electron chi connectivity index (χ0n) is 21.1. The Morgan fingerprint density at radius 3 is 1.46 bits per heavy atom. The smallest absolute Gasteiger partial charge is 0.215 e. The Morgan fingerprint density at radius 1 is 0.714 bits per heavy atom. The second-order valence-corrected chi connectivity index (χ2v) is 11.8. The highest BCUT2D eigenvalue weighted by Crippen LogP contribution is 2.43. The molecule has 0 aliphatic carbocycles. The molecule has 0 fully saturated rings. The average Bonchev–Trinajstić information content (AvgIpc) is 2.84. The van der Waals surface area contributed by atoms with Crippen molar-refractivity contribution in [1.82, 2.24) is 0 Å². The molecule has 0 aliphatic rings. The molecule has 0 bridgehead atoms. The van der Waals surface area contributed by atoms with Crippen LogP contribution in [0.4, 0.5) is 0 Å². The number of unbranched alkanes of at least 4 members (excludes halogenated alkanes) is 6. The summed E-state index contributed by atoms with van der Waals surface area (Å²) in [4.78, 5) is 0.247. The minimum absolute atomic E-state index is 0.123. The van der Waals surface area contributed by atoms with Crippen LogP contribution in [0, 0.1) is 0 Å². The molecule has 0 radical (unpaired) electrons. The number of hydrogen-bond acceptors (Lipinski definition) is 4. The van der Waals surface area contributed by atoms with Crippen LogP contribution in [-0.2, 0) is 9.84 Å². The first-order valence-corrected chi connectivity index (χ1v) is 15.2. The Morgan fingerprint density at radius 2 is 1.11 bits per heavy atom. The summed E-state index contributed by atoms with van der Waals surface area (Å²) in [7, 11) is -1.06. The maximum absolute atomic E-state index is 14.3. The number of hydrogen-bond donors (Lipinski definition) is 0. The fourth-order valence-electron chi connectivity index (χ4n) is 3.83. The van der Waals surface area contributed by atoms with Gasteiger partial charge in [0, 0.05) is 20.1 Å². The van der Waals surface area contributed by atoms with Crippen LogP contribution in [0.15, 0.2) is 55.2 Å². The number of sulfone groups is 1. The predicted octanol–water partition coefficient (Wildman–Crippen LogP) is 9.25. The lowest BCUT2D eigenvalue weighted by Crippen LogP contribution is -2.11. The van der Waals surface area contributed by atoms with Gasteiger partial charge in [0.25, 0.3) is 0 Å². The molecule has 0 atom stereocenters. The van der Waals surface area contributed by atoms with E-state index >= 15 is 0 Å². The number of ether oxygens (including phenoxy) is 2. The van der Waals surface area contributed by atoms with Gasteiger partial charge in [-0.2, -0.15) is 0 Å². The first kappa shape index (κ1) is 29.7. The number of methoxy groups -OCH3 is 2. The summed E-state index contributed by atoms with van der Waals surface area (Å²) in [5.74, 6) is 0.586. The standard InChI is InChI=1S/C28H36Br2O4S/c1-5-7-9-11-13-15-21-23(29)17-19-25(33-3)27(21)35(31,32)28-22(16-14-12-10-8-6-2)24(30)18-20-26(28)34-4/h13-20H,5-12H2,1-4H3. The minimum atomic E-state index is -4.04. The number of benzene rings is 2. The van der Waals surface area contributed by atoms with Crippen LogP contribution in [0.25, 0.3) is 12.2 Å². The van der Waals surface area contributed by atoms with E-state index in [1.165, 1.54) is 14.2 Å². The number of allylic oxidation sites excluding steroid dienone is 2. The molecule has 0 spiro atoms. The monoisotopic (exact) mass is 626 g/mol. The fraction of sp³-hybridized carbons (Fsp3) is 0.429. The molecule has 2 rings (SSSR count). The van der Waals surface area contributed by atoms with Crippen LogP contribution >= 0.6 is 31.9 Å². The summed E-state index contributed by atoms with van der Waals surface area (Å²) in [6.45, 7) is 4.32. The second-order valence-electron chi connectivity index (χ2n) is 8.28. The van der Waals surface area contributed by atoms with Crippen molar-refractivity contribution in [3.05, 3.63) is 56.5 Å². The third-order valence-electron chi connectivity index (χ3n) is 5.71. The molecule has 0 unspecified atom stereocenters. The van der Waals surface area contributed by atoms with Gasteiger partial charge >= 0.3 is 0 Å². The van der Waals surface area contributed by atoms with Crippen molar-refractivity contribution in [2.75, 3.05) is 14.2 Å². The normalized spacial score (nSPS) is 12.1. The van der Waals surface area contributed by atoms with E-state index < -0.39 is 9.84 Å². The van der Waals surface area contributed by atoms with Gasteiger partial charge in [-0.05, 0) is 49.9 Å². The molecule has 7 heteroatoms.